The van der Waals surface area contributed by atoms with Crippen molar-refractivity contribution in [3.8, 4) is 0 Å². The summed E-state index contributed by atoms with van der Waals surface area (Å²) in [7, 11) is -4.94. The van der Waals surface area contributed by atoms with Gasteiger partial charge in [0.15, 0.2) is 5.69 Å². The maximum absolute atomic E-state index is 10.9. The Morgan fingerprint density at radius 1 is 1.22 bits per heavy atom. The first-order valence-electron chi connectivity index (χ1n) is 7.43. The quantitative estimate of drug-likeness (QED) is 0.263. The van der Waals surface area contributed by atoms with Crippen molar-refractivity contribution in [2.75, 3.05) is 0 Å². The van der Waals surface area contributed by atoms with Gasteiger partial charge in [0.25, 0.3) is 5.69 Å². The highest BCUT2D eigenvalue weighted by Gasteiger charge is 2.27. The van der Waals surface area contributed by atoms with Crippen LogP contribution in [-0.2, 0) is 6.42 Å². The van der Waals surface area contributed by atoms with Crippen LogP contribution >= 0.6 is 11.3 Å². The molecule has 1 aromatic carbocycles. The number of hydrogen-bond donors (Lipinski definition) is 0. The molecule has 10 nitrogen and oxygen atoms in total. The molecule has 0 amide bonds. The van der Waals surface area contributed by atoms with Gasteiger partial charge in [0.05, 0.1) is 4.92 Å². The van der Waals surface area contributed by atoms with Gasteiger partial charge < -0.3 is 0 Å². The molecule has 0 aliphatic heterocycles. The number of nitro benzene ring substituents is 1. The van der Waals surface area contributed by atoms with Crippen molar-refractivity contribution in [3.05, 3.63) is 62.9 Å². The minimum Gasteiger partial charge on any atom is -0.258 e. The Bertz CT molecular complexity index is 1030. The second-order valence-electron chi connectivity index (χ2n) is 5.46. The molecule has 0 spiro atoms. The molecule has 0 saturated heterocycles. The molecule has 0 atom stereocenters. The van der Waals surface area contributed by atoms with Crippen LogP contribution in [0.3, 0.4) is 0 Å². The average Bonchev–Trinajstić information content (AvgIpc) is 3.19. The normalized spacial score (nSPS) is 14.7. The summed E-state index contributed by atoms with van der Waals surface area (Å²) >= 11 is 1.49. The summed E-state index contributed by atoms with van der Waals surface area (Å²) in [5.74, 6) is 0. The van der Waals surface area contributed by atoms with Crippen molar-refractivity contribution in [3.63, 3.8) is 0 Å². The number of nitro groups is 1. The number of allylic oxidation sites excluding steroid dienone is 1. The summed E-state index contributed by atoms with van der Waals surface area (Å²) < 4.78 is 35.8. The fourth-order valence-electron chi connectivity index (χ4n) is 2.77. The molecule has 0 N–H and O–H groups in total. The fraction of sp³-hybridized carbons (Fsp3) is 0.133. The summed E-state index contributed by atoms with van der Waals surface area (Å²) in [5, 5.41) is 15.2. The van der Waals surface area contributed by atoms with Crippen molar-refractivity contribution in [1.29, 1.82) is 0 Å². The molecular weight excluding hydrogens is 400 g/mol. The topological polar surface area (TPSA) is 165 Å². The van der Waals surface area contributed by atoms with Crippen molar-refractivity contribution < 1.29 is 38.3 Å². The van der Waals surface area contributed by atoms with Gasteiger partial charge >= 0.3 is 4.96 Å². The van der Waals surface area contributed by atoms with Crippen LogP contribution in [0.4, 0.5) is 5.69 Å². The number of aromatic nitrogens is 3. The summed E-state index contributed by atoms with van der Waals surface area (Å²) in [6.07, 6.45) is 5.72. The number of non-ortho nitro benzene ring substituents is 1. The third kappa shape index (κ3) is 4.80. The van der Waals surface area contributed by atoms with Crippen molar-refractivity contribution >= 4 is 33.6 Å². The summed E-state index contributed by atoms with van der Waals surface area (Å²) in [6.45, 7) is 0. The Kier molecular flexibility index (Phi) is 5.41. The zero-order chi connectivity index (χ0) is 19.6. The van der Waals surface area contributed by atoms with E-state index in [0.29, 0.717) is 0 Å². The summed E-state index contributed by atoms with van der Waals surface area (Å²) in [4.78, 5) is 15.8. The zero-order valence-electron chi connectivity index (χ0n) is 13.5. The molecule has 2 heterocycles. The van der Waals surface area contributed by atoms with Crippen LogP contribution in [0, 0.1) is 20.4 Å². The van der Waals surface area contributed by atoms with Gasteiger partial charge in [-0.25, -0.2) is 18.6 Å². The number of fused-ring (bicyclic) bond motifs is 3. The molecule has 12 heteroatoms. The SMILES string of the molecule is O=[N+]([O-])c1cccc(/C=C2/CCc3cnc4scn[n+]4c32)c1.[O-][Cl+3]([O-])([O-])[O-]. The van der Waals surface area contributed by atoms with Crippen LogP contribution in [0.15, 0.2) is 36.0 Å². The highest BCUT2D eigenvalue weighted by atomic mass is 35.7. The van der Waals surface area contributed by atoms with Crippen molar-refractivity contribution in [2.45, 2.75) is 12.8 Å². The van der Waals surface area contributed by atoms with E-state index in [1.807, 2.05) is 22.9 Å². The molecule has 0 unspecified atom stereocenters. The Hall–Kier alpha value is -2.54. The largest absolute Gasteiger partial charge is 0.409 e. The molecule has 1 aliphatic carbocycles. The lowest BCUT2D eigenvalue weighted by Gasteiger charge is -2.17. The lowest BCUT2D eigenvalue weighted by atomic mass is 10.1. The van der Waals surface area contributed by atoms with Gasteiger partial charge in [-0.05, 0) is 40.8 Å². The molecule has 3 aromatic rings. The monoisotopic (exact) mass is 410 g/mol. The maximum atomic E-state index is 10.9. The van der Waals surface area contributed by atoms with E-state index >= 15 is 0 Å². The van der Waals surface area contributed by atoms with E-state index in [9.17, 15) is 10.1 Å². The number of nitrogens with zero attached hydrogens (tertiary/aromatic N) is 4. The van der Waals surface area contributed by atoms with Crippen LogP contribution in [0.1, 0.15) is 23.2 Å². The zero-order valence-corrected chi connectivity index (χ0v) is 15.1. The van der Waals surface area contributed by atoms with E-state index < -0.39 is 10.2 Å². The van der Waals surface area contributed by atoms with Gasteiger partial charge in [0.1, 0.15) is 11.7 Å². The standard InChI is InChI=1S/C15H11N4O2S.ClHO4/c20-19(21)13-3-1-2-10(7-13)6-11-4-5-12-8-16-15-18(14(11)12)17-9-22-15;2-1(3,4)5/h1-3,6-9H,4-5H2;(H,2,3,4,5)/q+1;/p-1/b11-6-;. The highest BCUT2D eigenvalue weighted by Crippen LogP contribution is 2.31. The molecule has 0 saturated carbocycles. The lowest BCUT2D eigenvalue weighted by Crippen LogP contribution is -2.68. The Balaban J connectivity index is 0.000000376. The van der Waals surface area contributed by atoms with Crippen LogP contribution in [-0.4, -0.2) is 15.0 Å². The van der Waals surface area contributed by atoms with Crippen LogP contribution < -0.4 is 23.2 Å². The van der Waals surface area contributed by atoms with Gasteiger partial charge in [-0.1, -0.05) is 21.7 Å². The minimum absolute atomic E-state index is 0.105. The number of halogens is 1. The molecule has 140 valence electrons. The fourth-order valence-corrected chi connectivity index (χ4v) is 3.36. The van der Waals surface area contributed by atoms with E-state index in [0.717, 1.165) is 34.6 Å². The number of hydrogen-bond acceptors (Lipinski definition) is 9. The predicted molar refractivity (Wildman–Crippen MR) is 82.4 cm³/mol. The maximum Gasteiger partial charge on any atom is 0.409 e. The van der Waals surface area contributed by atoms with Crippen molar-refractivity contribution in [2.24, 2.45) is 0 Å². The Labute approximate surface area is 158 Å². The molecule has 1 aliphatic rings. The van der Waals surface area contributed by atoms with Gasteiger partial charge in [-0.15, -0.1) is 10.2 Å². The van der Waals surface area contributed by atoms with Crippen LogP contribution in [0.5, 0.6) is 0 Å². The molecule has 27 heavy (non-hydrogen) atoms. The second kappa shape index (κ2) is 7.60. The van der Waals surface area contributed by atoms with E-state index in [1.54, 1.807) is 17.6 Å². The van der Waals surface area contributed by atoms with Gasteiger partial charge in [0, 0.05) is 23.3 Å². The second-order valence-corrected chi connectivity index (χ2v) is 7.03. The number of aryl methyl sites for hydroxylation is 1. The third-order valence-electron chi connectivity index (χ3n) is 3.74. The Morgan fingerprint density at radius 3 is 2.67 bits per heavy atom. The lowest BCUT2D eigenvalue weighted by molar-refractivity contribution is -2.00. The number of rotatable bonds is 2. The van der Waals surface area contributed by atoms with Crippen LogP contribution in [0.2, 0.25) is 0 Å². The first-order chi connectivity index (χ1) is 12.7. The minimum atomic E-state index is -4.94. The van der Waals surface area contributed by atoms with Crippen LogP contribution in [0.25, 0.3) is 16.6 Å². The van der Waals surface area contributed by atoms with Crippen molar-refractivity contribution in [1.82, 2.24) is 10.1 Å². The molecule has 2 aromatic heterocycles. The molecule has 0 radical (unpaired) electrons. The summed E-state index contributed by atoms with van der Waals surface area (Å²) in [5.41, 5.74) is 6.08. The molecule has 0 fully saturated rings. The highest BCUT2D eigenvalue weighted by molar-refractivity contribution is 7.14. The van der Waals surface area contributed by atoms with Gasteiger partial charge in [-0.3, -0.25) is 10.1 Å². The summed E-state index contributed by atoms with van der Waals surface area (Å²) in [6, 6.07) is 6.68. The van der Waals surface area contributed by atoms with E-state index in [4.69, 9.17) is 18.6 Å². The predicted octanol–water partition coefficient (Wildman–Crippen LogP) is -2.08. The number of benzene rings is 1. The van der Waals surface area contributed by atoms with Gasteiger partial charge in [-0.2, -0.15) is 0 Å². The molecule has 0 bridgehead atoms. The first-order valence-corrected chi connectivity index (χ1v) is 9.54. The molecule has 4 rings (SSSR count). The first kappa shape index (κ1) is 19.2. The van der Waals surface area contributed by atoms with E-state index in [2.05, 4.69) is 10.1 Å². The Morgan fingerprint density at radius 2 is 1.96 bits per heavy atom. The average molecular weight is 411 g/mol. The van der Waals surface area contributed by atoms with E-state index in [-0.39, 0.29) is 10.6 Å². The van der Waals surface area contributed by atoms with E-state index in [1.165, 1.54) is 23.0 Å². The third-order valence-corrected chi connectivity index (χ3v) is 4.43. The molecular formula is C15H11ClN4O6S. The smallest absolute Gasteiger partial charge is 0.258 e. The van der Waals surface area contributed by atoms with Gasteiger partial charge in [0.2, 0.25) is 0 Å².